The van der Waals surface area contributed by atoms with Gasteiger partial charge in [0.05, 0.1) is 0 Å². The minimum absolute atomic E-state index is 0. The summed E-state index contributed by atoms with van der Waals surface area (Å²) >= 11 is 0. The summed E-state index contributed by atoms with van der Waals surface area (Å²) < 4.78 is 0. The zero-order valence-electron chi connectivity index (χ0n) is 3.50. The molecule has 0 saturated heterocycles. The average molecular weight is 137 g/mol. The molecule has 0 fully saturated rings. The molecule has 3 nitrogen and oxygen atoms in total. The standard InChI is InChI=1S/CH6O3P.Ca/c1-5(2,3)4;/h2-4H,1H3;/q+1;. The van der Waals surface area contributed by atoms with Gasteiger partial charge in [0.2, 0.25) is 0 Å². The topological polar surface area (TPSA) is 60.7 Å². The van der Waals surface area contributed by atoms with Crippen LogP contribution >= 0.6 is 7.94 Å². The molecule has 0 unspecified atom stereocenters. The molecule has 0 bridgehead atoms. The van der Waals surface area contributed by atoms with Gasteiger partial charge >= 0.3 is 7.94 Å². The maximum absolute atomic E-state index is 7.74. The summed E-state index contributed by atoms with van der Waals surface area (Å²) in [6.45, 7) is 0.965. The van der Waals surface area contributed by atoms with Gasteiger partial charge in [-0.1, -0.05) is 0 Å². The van der Waals surface area contributed by atoms with Crippen molar-refractivity contribution in [3.8, 4) is 0 Å². The second-order valence-electron chi connectivity index (χ2n) is 0.868. The molecule has 0 aromatic heterocycles. The van der Waals surface area contributed by atoms with Crippen LogP contribution in [0.1, 0.15) is 0 Å². The van der Waals surface area contributed by atoms with Crippen molar-refractivity contribution in [2.24, 2.45) is 0 Å². The van der Waals surface area contributed by atoms with E-state index in [9.17, 15) is 0 Å². The van der Waals surface area contributed by atoms with Crippen LogP contribution in [0.2, 0.25) is 0 Å². The van der Waals surface area contributed by atoms with Crippen molar-refractivity contribution in [3.63, 3.8) is 0 Å². The first-order chi connectivity index (χ1) is 2.00. The van der Waals surface area contributed by atoms with Crippen LogP contribution < -0.4 is 0 Å². The molecular weight excluding hydrogens is 131 g/mol. The third kappa shape index (κ3) is 47.2. The Bertz CT molecular complexity index is 26.3. The summed E-state index contributed by atoms with van der Waals surface area (Å²) in [5, 5.41) is 0. The summed E-state index contributed by atoms with van der Waals surface area (Å²) in [7, 11) is -3.39. The van der Waals surface area contributed by atoms with Crippen LogP contribution in [0.3, 0.4) is 0 Å². The second-order valence-corrected chi connectivity index (χ2v) is 2.60. The molecule has 0 aromatic rings. The van der Waals surface area contributed by atoms with Crippen molar-refractivity contribution < 1.29 is 14.7 Å². The minimum atomic E-state index is -3.39. The number of rotatable bonds is 0. The third-order valence-corrected chi connectivity index (χ3v) is 0. The fourth-order valence-electron chi connectivity index (χ4n) is 0. The van der Waals surface area contributed by atoms with Crippen LogP contribution in [0.15, 0.2) is 0 Å². The SMILES string of the molecule is C[P+](O)(O)O.[Ca]. The zero-order chi connectivity index (χ0) is 4.50. The van der Waals surface area contributed by atoms with Crippen LogP contribution in [-0.4, -0.2) is 59.1 Å². The summed E-state index contributed by atoms with van der Waals surface area (Å²) in [4.78, 5) is 23.2. The smallest absolute Gasteiger partial charge is 0.193 e. The van der Waals surface area contributed by atoms with Gasteiger partial charge in [-0.25, -0.2) is 0 Å². The summed E-state index contributed by atoms with van der Waals surface area (Å²) in [6, 6.07) is 0. The van der Waals surface area contributed by atoms with E-state index in [1.807, 2.05) is 0 Å². The maximum atomic E-state index is 7.74. The van der Waals surface area contributed by atoms with E-state index in [-0.39, 0.29) is 37.7 Å². The number of hydrogen-bond donors (Lipinski definition) is 3. The molecule has 0 spiro atoms. The van der Waals surface area contributed by atoms with E-state index in [1.165, 1.54) is 0 Å². The Labute approximate surface area is 66.6 Å². The maximum Gasteiger partial charge on any atom is 0.400 e. The summed E-state index contributed by atoms with van der Waals surface area (Å²) in [5.41, 5.74) is 0. The Balaban J connectivity index is 0. The van der Waals surface area contributed by atoms with Gasteiger partial charge < -0.3 is 0 Å². The largest absolute Gasteiger partial charge is 0.400 e. The van der Waals surface area contributed by atoms with Gasteiger partial charge in [-0.15, -0.1) is 0 Å². The molecule has 0 atom stereocenters. The van der Waals surface area contributed by atoms with E-state index >= 15 is 0 Å². The molecule has 6 heavy (non-hydrogen) atoms. The van der Waals surface area contributed by atoms with Gasteiger partial charge in [0.15, 0.2) is 0 Å². The molecule has 0 heterocycles. The van der Waals surface area contributed by atoms with Crippen LogP contribution in [-0.2, 0) is 0 Å². The minimum Gasteiger partial charge on any atom is -0.193 e. The average Bonchev–Trinajstić information content (AvgIpc) is 0.722. The summed E-state index contributed by atoms with van der Waals surface area (Å²) in [5.74, 6) is 0. The molecule has 34 valence electrons. The Morgan fingerprint density at radius 3 is 1.17 bits per heavy atom. The predicted octanol–water partition coefficient (Wildman–Crippen LogP) is -1.03. The van der Waals surface area contributed by atoms with Crippen LogP contribution in [0.4, 0.5) is 0 Å². The monoisotopic (exact) mass is 137 g/mol. The van der Waals surface area contributed by atoms with E-state index < -0.39 is 7.94 Å². The Hall–Kier alpha value is 1.57. The van der Waals surface area contributed by atoms with Crippen molar-refractivity contribution >= 4 is 45.7 Å². The first-order valence-corrected chi connectivity index (χ1v) is 3.14. The van der Waals surface area contributed by atoms with E-state index in [0.29, 0.717) is 0 Å². The van der Waals surface area contributed by atoms with Gasteiger partial charge in [0, 0.05) is 37.7 Å². The third-order valence-electron chi connectivity index (χ3n) is 0. The molecule has 0 aliphatic heterocycles. The van der Waals surface area contributed by atoms with Crippen molar-refractivity contribution in [2.45, 2.75) is 0 Å². The van der Waals surface area contributed by atoms with Crippen LogP contribution in [0, 0.1) is 0 Å². The van der Waals surface area contributed by atoms with E-state index in [1.54, 1.807) is 0 Å². The van der Waals surface area contributed by atoms with Crippen molar-refractivity contribution in [1.82, 2.24) is 0 Å². The van der Waals surface area contributed by atoms with Gasteiger partial charge in [-0.3, -0.25) is 0 Å². The van der Waals surface area contributed by atoms with Crippen molar-refractivity contribution in [3.05, 3.63) is 0 Å². The fourth-order valence-corrected chi connectivity index (χ4v) is 0. The first-order valence-electron chi connectivity index (χ1n) is 1.05. The van der Waals surface area contributed by atoms with Gasteiger partial charge in [0.1, 0.15) is 6.66 Å². The fraction of sp³-hybridized carbons (Fsp3) is 1.00. The van der Waals surface area contributed by atoms with Crippen LogP contribution in [0.25, 0.3) is 0 Å². The van der Waals surface area contributed by atoms with E-state index in [0.717, 1.165) is 6.66 Å². The Morgan fingerprint density at radius 1 is 1.17 bits per heavy atom. The molecule has 0 amide bonds. The van der Waals surface area contributed by atoms with E-state index in [4.69, 9.17) is 14.7 Å². The molecule has 2 radical (unpaired) electrons. The molecule has 0 rings (SSSR count). The molecule has 5 heteroatoms. The predicted molar refractivity (Wildman–Crippen MR) is 25.3 cm³/mol. The van der Waals surface area contributed by atoms with Gasteiger partial charge in [-0.05, 0) is 0 Å². The van der Waals surface area contributed by atoms with Crippen molar-refractivity contribution in [2.75, 3.05) is 6.66 Å². The van der Waals surface area contributed by atoms with Crippen LogP contribution in [0.5, 0.6) is 0 Å². The Kier molecular flexibility index (Phi) is 6.24. The van der Waals surface area contributed by atoms with Crippen molar-refractivity contribution in [1.29, 1.82) is 0 Å². The summed E-state index contributed by atoms with van der Waals surface area (Å²) in [6.07, 6.45) is 0. The molecule has 3 N–H and O–H groups in total. The molecule has 0 aliphatic rings. The molecule has 0 saturated carbocycles. The molecular formula is CH6CaO3P+. The zero-order valence-corrected chi connectivity index (χ0v) is 6.60. The van der Waals surface area contributed by atoms with E-state index in [2.05, 4.69) is 0 Å². The first kappa shape index (κ1) is 10.5. The quantitative estimate of drug-likeness (QED) is 0.295. The van der Waals surface area contributed by atoms with Gasteiger partial charge in [0.25, 0.3) is 0 Å². The normalized spacial score (nSPS) is 10.0. The van der Waals surface area contributed by atoms with Gasteiger partial charge in [-0.2, -0.15) is 14.7 Å². The Morgan fingerprint density at radius 2 is 1.17 bits per heavy atom. The number of hydrogen-bond acceptors (Lipinski definition) is 3. The second kappa shape index (κ2) is 3.56. The molecule has 0 aromatic carbocycles. The molecule has 0 aliphatic carbocycles.